The first-order valence-corrected chi connectivity index (χ1v) is 12.1. The summed E-state index contributed by atoms with van der Waals surface area (Å²) in [6, 6.07) is 23.6. The summed E-state index contributed by atoms with van der Waals surface area (Å²) in [7, 11) is 0. The quantitative estimate of drug-likeness (QED) is 0.440. The highest BCUT2D eigenvalue weighted by Gasteiger charge is 2.37. The summed E-state index contributed by atoms with van der Waals surface area (Å²) in [4.78, 5) is 50.7. The number of hydrogen-bond acceptors (Lipinski definition) is 5. The van der Waals surface area contributed by atoms with Crippen molar-refractivity contribution in [3.05, 3.63) is 101 Å². The van der Waals surface area contributed by atoms with Crippen LogP contribution >= 0.6 is 11.6 Å². The summed E-state index contributed by atoms with van der Waals surface area (Å²) in [5.41, 5.74) is 5.42. The van der Waals surface area contributed by atoms with Crippen molar-refractivity contribution in [2.45, 2.75) is 19.3 Å². The van der Waals surface area contributed by atoms with Crippen LogP contribution in [0.5, 0.6) is 0 Å². The highest BCUT2D eigenvalue weighted by Crippen LogP contribution is 2.26. The Bertz CT molecular complexity index is 1260. The van der Waals surface area contributed by atoms with Crippen LogP contribution in [0.25, 0.3) is 0 Å². The van der Waals surface area contributed by atoms with Crippen LogP contribution in [-0.2, 0) is 23.9 Å². The van der Waals surface area contributed by atoms with E-state index in [1.807, 2.05) is 60.7 Å². The van der Waals surface area contributed by atoms with E-state index in [2.05, 4.69) is 10.7 Å². The first kappa shape index (κ1) is 25.9. The highest BCUT2D eigenvalue weighted by atomic mass is 35.5. The molecule has 0 unspecified atom stereocenters. The summed E-state index contributed by atoms with van der Waals surface area (Å²) in [6.07, 6.45) is -0.129. The Morgan fingerprint density at radius 2 is 1.59 bits per heavy atom. The van der Waals surface area contributed by atoms with E-state index in [4.69, 9.17) is 16.3 Å². The number of esters is 1. The van der Waals surface area contributed by atoms with Gasteiger partial charge in [0.05, 0.1) is 18.4 Å². The number of hydrogen-bond donors (Lipinski definition) is 2. The van der Waals surface area contributed by atoms with E-state index in [0.717, 1.165) is 16.1 Å². The van der Waals surface area contributed by atoms with Crippen LogP contribution < -0.4 is 10.7 Å². The normalized spacial score (nSPS) is 14.9. The monoisotopic (exact) mass is 519 g/mol. The highest BCUT2D eigenvalue weighted by molar-refractivity contribution is 6.31. The van der Waals surface area contributed by atoms with Gasteiger partial charge in [0, 0.05) is 17.1 Å². The Hall–Kier alpha value is -4.17. The molecule has 1 atom stereocenters. The maximum Gasteiger partial charge on any atom is 0.311 e. The van der Waals surface area contributed by atoms with Gasteiger partial charge in [-0.05, 0) is 35.7 Å². The van der Waals surface area contributed by atoms with Crippen LogP contribution in [0.3, 0.4) is 0 Å². The van der Waals surface area contributed by atoms with Gasteiger partial charge >= 0.3 is 5.97 Å². The number of anilines is 1. The molecule has 4 rings (SSSR count). The van der Waals surface area contributed by atoms with Crippen LogP contribution in [0, 0.1) is 12.8 Å². The zero-order valence-corrected chi connectivity index (χ0v) is 20.9. The SMILES string of the molecule is Cc1c(Cl)cccc1NC(=O)COC(=O)[C@H]1CC(=O)N(NC(=O)C(c2ccccc2)c2ccccc2)C1. The van der Waals surface area contributed by atoms with Gasteiger partial charge in [-0.1, -0.05) is 78.3 Å². The third-order valence-corrected chi connectivity index (χ3v) is 6.53. The second-order valence-electron chi connectivity index (χ2n) is 8.70. The average Bonchev–Trinajstić information content (AvgIpc) is 3.26. The Balaban J connectivity index is 1.35. The molecule has 1 heterocycles. The van der Waals surface area contributed by atoms with Crippen molar-refractivity contribution in [1.82, 2.24) is 10.4 Å². The number of nitrogens with zero attached hydrogens (tertiary/aromatic N) is 1. The van der Waals surface area contributed by atoms with Crippen molar-refractivity contribution in [1.29, 1.82) is 0 Å². The molecule has 1 aliphatic rings. The molecule has 8 nitrogen and oxygen atoms in total. The molecule has 0 radical (unpaired) electrons. The largest absolute Gasteiger partial charge is 0.455 e. The Morgan fingerprint density at radius 3 is 2.22 bits per heavy atom. The van der Waals surface area contributed by atoms with Crippen LogP contribution in [0.4, 0.5) is 5.69 Å². The van der Waals surface area contributed by atoms with Gasteiger partial charge in [-0.15, -0.1) is 0 Å². The first-order valence-electron chi connectivity index (χ1n) is 11.8. The molecular formula is C28H26ClN3O5. The minimum Gasteiger partial charge on any atom is -0.455 e. The summed E-state index contributed by atoms with van der Waals surface area (Å²) >= 11 is 6.06. The predicted molar refractivity (Wildman–Crippen MR) is 138 cm³/mol. The molecular weight excluding hydrogens is 494 g/mol. The average molecular weight is 520 g/mol. The van der Waals surface area contributed by atoms with Gasteiger partial charge in [0.2, 0.25) is 5.91 Å². The standard InChI is InChI=1S/C28H26ClN3O5/c1-18-22(29)13-8-14-23(18)30-24(33)17-37-28(36)21-15-25(34)32(16-21)31-27(35)26(19-9-4-2-5-10-19)20-11-6-3-7-12-20/h2-14,21,26H,15-17H2,1H3,(H,30,33)(H,31,35)/t21-/m0/s1. The maximum absolute atomic E-state index is 13.3. The summed E-state index contributed by atoms with van der Waals surface area (Å²) in [5, 5.41) is 4.29. The van der Waals surface area contributed by atoms with Gasteiger partial charge in [-0.2, -0.15) is 0 Å². The van der Waals surface area contributed by atoms with Crippen molar-refractivity contribution in [2.24, 2.45) is 5.92 Å². The number of halogens is 1. The van der Waals surface area contributed by atoms with Crippen LogP contribution in [-0.4, -0.2) is 41.9 Å². The van der Waals surface area contributed by atoms with Crippen LogP contribution in [0.15, 0.2) is 78.9 Å². The van der Waals surface area contributed by atoms with Crippen molar-refractivity contribution in [3.8, 4) is 0 Å². The molecule has 1 saturated heterocycles. The fourth-order valence-corrected chi connectivity index (χ4v) is 4.32. The first-order chi connectivity index (χ1) is 17.8. The summed E-state index contributed by atoms with van der Waals surface area (Å²) in [6.45, 7) is 1.21. The van der Waals surface area contributed by atoms with Gasteiger partial charge in [0.25, 0.3) is 11.8 Å². The second-order valence-corrected chi connectivity index (χ2v) is 9.11. The van der Waals surface area contributed by atoms with Crippen LogP contribution in [0.1, 0.15) is 29.0 Å². The van der Waals surface area contributed by atoms with Crippen molar-refractivity contribution in [2.75, 3.05) is 18.5 Å². The molecule has 37 heavy (non-hydrogen) atoms. The minimum atomic E-state index is -0.805. The Kier molecular flexibility index (Phi) is 8.20. The van der Waals surface area contributed by atoms with E-state index in [0.29, 0.717) is 16.3 Å². The lowest BCUT2D eigenvalue weighted by Gasteiger charge is -2.23. The summed E-state index contributed by atoms with van der Waals surface area (Å²) in [5.74, 6) is -3.46. The number of rotatable bonds is 8. The molecule has 1 fully saturated rings. The lowest BCUT2D eigenvalue weighted by Crippen LogP contribution is -2.45. The molecule has 9 heteroatoms. The van der Waals surface area contributed by atoms with Crippen LogP contribution in [0.2, 0.25) is 5.02 Å². The maximum atomic E-state index is 13.3. The van der Waals surface area contributed by atoms with Crippen molar-refractivity contribution >= 4 is 41.0 Å². The third-order valence-electron chi connectivity index (χ3n) is 6.12. The predicted octanol–water partition coefficient (Wildman–Crippen LogP) is 3.84. The van der Waals surface area contributed by atoms with E-state index in [-0.39, 0.29) is 13.0 Å². The molecule has 190 valence electrons. The number of nitrogens with one attached hydrogen (secondary N) is 2. The molecule has 0 bridgehead atoms. The fourth-order valence-electron chi connectivity index (χ4n) is 4.14. The van der Waals surface area contributed by atoms with Gasteiger partial charge < -0.3 is 10.1 Å². The lowest BCUT2D eigenvalue weighted by atomic mass is 9.91. The van der Waals surface area contributed by atoms with E-state index < -0.39 is 42.1 Å². The van der Waals surface area contributed by atoms with Crippen molar-refractivity contribution < 1.29 is 23.9 Å². The Labute approximate surface area is 219 Å². The molecule has 2 N–H and O–H groups in total. The Morgan fingerprint density at radius 1 is 0.973 bits per heavy atom. The molecule has 0 aromatic heterocycles. The molecule has 0 saturated carbocycles. The van der Waals surface area contributed by atoms with E-state index in [1.165, 1.54) is 0 Å². The molecule has 0 spiro atoms. The molecule has 3 amide bonds. The summed E-state index contributed by atoms with van der Waals surface area (Å²) < 4.78 is 5.14. The topological polar surface area (TPSA) is 105 Å². The van der Waals surface area contributed by atoms with Gasteiger partial charge in [-0.3, -0.25) is 29.6 Å². The lowest BCUT2D eigenvalue weighted by molar-refractivity contribution is -0.151. The van der Waals surface area contributed by atoms with Gasteiger partial charge in [0.1, 0.15) is 0 Å². The molecule has 3 aromatic rings. The number of ether oxygens (including phenoxy) is 1. The number of hydrazine groups is 1. The second kappa shape index (κ2) is 11.7. The van der Waals surface area contributed by atoms with Gasteiger partial charge in [-0.25, -0.2) is 0 Å². The fraction of sp³-hybridized carbons (Fsp3) is 0.214. The minimum absolute atomic E-state index is 0.0469. The third kappa shape index (κ3) is 6.34. The van der Waals surface area contributed by atoms with Crippen molar-refractivity contribution in [3.63, 3.8) is 0 Å². The molecule has 1 aliphatic heterocycles. The number of amides is 3. The van der Waals surface area contributed by atoms with E-state index in [1.54, 1.807) is 25.1 Å². The number of carbonyl (C=O) groups excluding carboxylic acids is 4. The van der Waals surface area contributed by atoms with E-state index in [9.17, 15) is 19.2 Å². The number of benzene rings is 3. The zero-order valence-electron chi connectivity index (χ0n) is 20.1. The molecule has 0 aliphatic carbocycles. The van der Waals surface area contributed by atoms with E-state index >= 15 is 0 Å². The smallest absolute Gasteiger partial charge is 0.311 e. The zero-order chi connectivity index (χ0) is 26.4. The number of carbonyl (C=O) groups is 4. The molecule has 3 aromatic carbocycles. The van der Waals surface area contributed by atoms with Gasteiger partial charge in [0.15, 0.2) is 6.61 Å².